The van der Waals surface area contributed by atoms with Gasteiger partial charge in [0.25, 0.3) is 5.60 Å². The van der Waals surface area contributed by atoms with E-state index in [2.05, 4.69) is 4.74 Å². The number of hydrogen-bond acceptors (Lipinski definition) is 5. The fraction of sp³-hybridized carbons (Fsp3) is 0.440. The normalized spacial score (nSPS) is 19.3. The third kappa shape index (κ3) is 4.60. The summed E-state index contributed by atoms with van der Waals surface area (Å²) in [6.45, 7) is -2.14. The summed E-state index contributed by atoms with van der Waals surface area (Å²) in [5, 5.41) is 0. The van der Waals surface area contributed by atoms with Crippen LogP contribution in [-0.4, -0.2) is 65.3 Å². The van der Waals surface area contributed by atoms with Crippen molar-refractivity contribution in [1.82, 2.24) is 14.0 Å². The summed E-state index contributed by atoms with van der Waals surface area (Å²) in [4.78, 5) is 27.4. The number of imidazole rings is 1. The number of aromatic nitrogens is 2. The molecule has 2 aromatic carbocycles. The first-order valence-corrected chi connectivity index (χ1v) is 11.9. The molecule has 0 aliphatic carbocycles. The lowest BCUT2D eigenvalue weighted by molar-refractivity contribution is -0.333. The molecule has 210 valence electrons. The number of para-hydroxylation sites is 1. The van der Waals surface area contributed by atoms with Gasteiger partial charge in [-0.15, -0.1) is 0 Å². The van der Waals surface area contributed by atoms with Crippen LogP contribution in [-0.2, 0) is 22.2 Å². The summed E-state index contributed by atoms with van der Waals surface area (Å²) in [5.74, 6) is 0.249. The largest absolute Gasteiger partial charge is 0.494 e. The van der Waals surface area contributed by atoms with E-state index >= 15 is 0 Å². The molecule has 5 rings (SSSR count). The molecule has 1 unspecified atom stereocenters. The number of halogens is 6. The lowest BCUT2D eigenvalue weighted by Gasteiger charge is -2.41. The molecule has 14 heteroatoms. The van der Waals surface area contributed by atoms with Gasteiger partial charge in [0.1, 0.15) is 11.3 Å². The summed E-state index contributed by atoms with van der Waals surface area (Å²) >= 11 is 0. The minimum Gasteiger partial charge on any atom is -0.494 e. The zero-order valence-corrected chi connectivity index (χ0v) is 20.5. The van der Waals surface area contributed by atoms with E-state index in [1.54, 1.807) is 18.2 Å². The number of carbonyl (C=O) groups is 1. The van der Waals surface area contributed by atoms with Crippen LogP contribution >= 0.6 is 0 Å². The molecule has 0 saturated carbocycles. The molecule has 0 radical (unpaired) electrons. The maximum Gasteiger partial charge on any atom is 0.433 e. The summed E-state index contributed by atoms with van der Waals surface area (Å²) in [5.41, 5.74) is -3.77. The van der Waals surface area contributed by atoms with Gasteiger partial charge in [-0.05, 0) is 30.2 Å². The number of hydrogen-bond donors (Lipinski definition) is 0. The molecule has 3 aromatic rings. The van der Waals surface area contributed by atoms with Crippen LogP contribution in [0.3, 0.4) is 0 Å². The van der Waals surface area contributed by atoms with Gasteiger partial charge in [-0.3, -0.25) is 9.13 Å². The first-order valence-electron chi connectivity index (χ1n) is 11.9. The minimum atomic E-state index is -4.81. The first kappa shape index (κ1) is 26.9. The Morgan fingerprint density at radius 3 is 2.41 bits per heavy atom. The number of amides is 1. The highest BCUT2D eigenvalue weighted by Gasteiger charge is 2.64. The Kier molecular flexibility index (Phi) is 6.56. The van der Waals surface area contributed by atoms with Crippen LogP contribution in [0.5, 0.6) is 5.75 Å². The molecule has 39 heavy (non-hydrogen) atoms. The van der Waals surface area contributed by atoms with Crippen molar-refractivity contribution in [2.45, 2.75) is 37.0 Å². The Bertz CT molecular complexity index is 1460. The lowest BCUT2D eigenvalue weighted by atomic mass is 10.0. The molecule has 2 saturated heterocycles. The first-order chi connectivity index (χ1) is 18.4. The molecule has 0 bridgehead atoms. The average Bonchev–Trinajstić information content (AvgIpc) is 3.43. The van der Waals surface area contributed by atoms with E-state index < -0.39 is 61.1 Å². The second-order valence-electron chi connectivity index (χ2n) is 9.46. The standard InChI is InChI=1S/C25H23F6N3O5/c1-37-19-8-4-7-18-20(19)33(11-15-5-2-3-6-17(15)24(26,27)28)21(35)34(18)16-9-10-32(12-16)22(36)39-23(13-38-14-23)25(29,30)31/h2-8,16H,9-14H2,1H3. The summed E-state index contributed by atoms with van der Waals surface area (Å²) < 4.78 is 98.6. The number of nitrogens with zero attached hydrogens (tertiary/aromatic N) is 3. The van der Waals surface area contributed by atoms with E-state index in [1.165, 1.54) is 34.4 Å². The van der Waals surface area contributed by atoms with Gasteiger partial charge in [-0.2, -0.15) is 26.3 Å². The highest BCUT2D eigenvalue weighted by atomic mass is 19.4. The van der Waals surface area contributed by atoms with E-state index in [1.807, 2.05) is 0 Å². The maximum atomic E-state index is 13.7. The van der Waals surface area contributed by atoms with Crippen molar-refractivity contribution >= 4 is 17.1 Å². The van der Waals surface area contributed by atoms with Crippen molar-refractivity contribution in [3.63, 3.8) is 0 Å². The molecule has 3 heterocycles. The van der Waals surface area contributed by atoms with Gasteiger partial charge in [-0.25, -0.2) is 9.59 Å². The topological polar surface area (TPSA) is 74.9 Å². The van der Waals surface area contributed by atoms with Crippen molar-refractivity contribution in [3.8, 4) is 5.75 Å². The number of carbonyl (C=O) groups excluding carboxylic acids is 1. The van der Waals surface area contributed by atoms with Gasteiger partial charge in [0.2, 0.25) is 0 Å². The van der Waals surface area contributed by atoms with Crippen molar-refractivity contribution in [1.29, 1.82) is 0 Å². The van der Waals surface area contributed by atoms with Gasteiger partial charge >= 0.3 is 24.1 Å². The van der Waals surface area contributed by atoms with E-state index in [0.29, 0.717) is 5.52 Å². The van der Waals surface area contributed by atoms with Crippen LogP contribution in [0.1, 0.15) is 23.6 Å². The maximum absolute atomic E-state index is 13.7. The highest BCUT2D eigenvalue weighted by molar-refractivity contribution is 5.83. The molecule has 1 atom stereocenters. The number of ether oxygens (including phenoxy) is 3. The fourth-order valence-electron chi connectivity index (χ4n) is 4.99. The number of fused-ring (bicyclic) bond motifs is 1. The molecule has 1 amide bonds. The smallest absolute Gasteiger partial charge is 0.433 e. The molecular weight excluding hydrogens is 536 g/mol. The van der Waals surface area contributed by atoms with E-state index in [-0.39, 0.29) is 36.3 Å². The zero-order valence-electron chi connectivity index (χ0n) is 20.5. The van der Waals surface area contributed by atoms with Crippen LogP contribution in [0.2, 0.25) is 0 Å². The van der Waals surface area contributed by atoms with Crippen molar-refractivity contribution in [2.24, 2.45) is 0 Å². The number of likely N-dealkylation sites (tertiary alicyclic amines) is 1. The zero-order chi connectivity index (χ0) is 28.2. The lowest BCUT2D eigenvalue weighted by Crippen LogP contribution is -2.63. The van der Waals surface area contributed by atoms with Gasteiger partial charge in [0, 0.05) is 13.1 Å². The number of rotatable bonds is 5. The number of methoxy groups -OCH3 is 1. The second kappa shape index (κ2) is 9.50. The van der Waals surface area contributed by atoms with Crippen LogP contribution in [0.4, 0.5) is 31.1 Å². The second-order valence-corrected chi connectivity index (χ2v) is 9.46. The Balaban J connectivity index is 1.49. The number of benzene rings is 2. The molecule has 0 spiro atoms. The SMILES string of the molecule is COc1cccc2c1n(Cc1ccccc1C(F)(F)F)c(=O)n2C1CCN(C(=O)OC2(C(F)(F)F)COC2)C1. The number of alkyl halides is 6. The molecule has 2 aliphatic heterocycles. The molecule has 0 N–H and O–H groups in total. The van der Waals surface area contributed by atoms with Gasteiger partial charge < -0.3 is 19.1 Å². The minimum absolute atomic E-state index is 0.0122. The van der Waals surface area contributed by atoms with E-state index in [4.69, 9.17) is 9.47 Å². The van der Waals surface area contributed by atoms with Gasteiger partial charge in [0.05, 0.1) is 44.0 Å². The Hall–Kier alpha value is -3.68. The third-order valence-electron chi connectivity index (χ3n) is 7.07. The Morgan fingerprint density at radius 2 is 1.79 bits per heavy atom. The predicted molar refractivity (Wildman–Crippen MR) is 125 cm³/mol. The molecule has 1 aromatic heterocycles. The van der Waals surface area contributed by atoms with Crippen LogP contribution in [0.15, 0.2) is 47.3 Å². The predicted octanol–water partition coefficient (Wildman–Crippen LogP) is 4.59. The van der Waals surface area contributed by atoms with Crippen molar-refractivity contribution < 1.29 is 45.3 Å². The fourth-order valence-corrected chi connectivity index (χ4v) is 4.99. The monoisotopic (exact) mass is 559 g/mol. The van der Waals surface area contributed by atoms with Crippen molar-refractivity contribution in [3.05, 3.63) is 64.1 Å². The van der Waals surface area contributed by atoms with Crippen LogP contribution in [0, 0.1) is 0 Å². The van der Waals surface area contributed by atoms with Crippen LogP contribution in [0.25, 0.3) is 11.0 Å². The summed E-state index contributed by atoms with van der Waals surface area (Å²) in [6, 6.07) is 9.00. The van der Waals surface area contributed by atoms with Gasteiger partial charge in [-0.1, -0.05) is 24.3 Å². The highest BCUT2D eigenvalue weighted by Crippen LogP contribution is 2.40. The Morgan fingerprint density at radius 1 is 1.08 bits per heavy atom. The van der Waals surface area contributed by atoms with E-state index in [9.17, 15) is 35.9 Å². The molecular formula is C25H23F6N3O5. The summed E-state index contributed by atoms with van der Waals surface area (Å²) in [6.07, 6.45) is -10.4. The molecule has 2 aliphatic rings. The average molecular weight is 559 g/mol. The quantitative estimate of drug-likeness (QED) is 0.428. The third-order valence-corrected chi connectivity index (χ3v) is 7.07. The van der Waals surface area contributed by atoms with E-state index in [0.717, 1.165) is 11.0 Å². The molecule has 8 nitrogen and oxygen atoms in total. The molecule has 2 fully saturated rings. The Labute approximate surface area is 217 Å². The van der Waals surface area contributed by atoms with Crippen LogP contribution < -0.4 is 10.4 Å². The summed E-state index contributed by atoms with van der Waals surface area (Å²) in [7, 11) is 1.36. The van der Waals surface area contributed by atoms with Gasteiger partial charge in [0.15, 0.2) is 0 Å². The van der Waals surface area contributed by atoms with Crippen molar-refractivity contribution in [2.75, 3.05) is 33.4 Å².